The summed E-state index contributed by atoms with van der Waals surface area (Å²) < 4.78 is 0. The molecule has 1 nitrogen and oxygen atoms in total. The molecule has 19 heavy (non-hydrogen) atoms. The number of aryl methyl sites for hydroxylation is 1. The molecule has 0 amide bonds. The van der Waals surface area contributed by atoms with Gasteiger partial charge in [0.15, 0.2) is 0 Å². The average Bonchev–Trinajstić information content (AvgIpc) is 2.85. The predicted octanol–water partition coefficient (Wildman–Crippen LogP) is 4.45. The van der Waals surface area contributed by atoms with E-state index in [0.717, 1.165) is 6.42 Å². The van der Waals surface area contributed by atoms with Crippen LogP contribution in [0, 0.1) is 6.92 Å². The van der Waals surface area contributed by atoms with E-state index in [2.05, 4.69) is 61.5 Å². The molecule has 1 heterocycles. The van der Waals surface area contributed by atoms with E-state index in [-0.39, 0.29) is 6.04 Å². The fourth-order valence-corrected chi connectivity index (χ4v) is 3.25. The van der Waals surface area contributed by atoms with Crippen molar-refractivity contribution in [3.05, 3.63) is 69.9 Å². The molecule has 0 fully saturated rings. The fourth-order valence-electron chi connectivity index (χ4n) is 2.37. The third-order valence-corrected chi connectivity index (χ3v) is 4.53. The Hall–Kier alpha value is -1.64. The van der Waals surface area contributed by atoms with Gasteiger partial charge in [-0.2, -0.15) is 0 Å². The van der Waals surface area contributed by atoms with E-state index >= 15 is 0 Å². The van der Waals surface area contributed by atoms with Crippen LogP contribution in [0.3, 0.4) is 0 Å². The van der Waals surface area contributed by atoms with Crippen molar-refractivity contribution in [3.8, 4) is 0 Å². The molecular weight excluding hydrogens is 250 g/mol. The maximum absolute atomic E-state index is 6.29. The first-order valence-corrected chi connectivity index (χ1v) is 7.33. The first kappa shape index (κ1) is 12.4. The van der Waals surface area contributed by atoms with Crippen molar-refractivity contribution < 1.29 is 0 Å². The lowest BCUT2D eigenvalue weighted by atomic mass is 10.0. The summed E-state index contributed by atoms with van der Waals surface area (Å²) in [6, 6.07) is 19.4. The Morgan fingerprint density at radius 2 is 1.79 bits per heavy atom. The highest BCUT2D eigenvalue weighted by Crippen LogP contribution is 2.25. The monoisotopic (exact) mass is 267 g/mol. The van der Waals surface area contributed by atoms with E-state index < -0.39 is 0 Å². The highest BCUT2D eigenvalue weighted by molar-refractivity contribution is 7.12. The zero-order valence-corrected chi connectivity index (χ0v) is 11.8. The SMILES string of the molecule is Cc1ccc(C(N)Cc2ccc3ccccc3c2)s1. The van der Waals surface area contributed by atoms with Crippen molar-refractivity contribution in [1.82, 2.24) is 0 Å². The number of nitrogens with two attached hydrogens (primary N) is 1. The van der Waals surface area contributed by atoms with Crippen molar-refractivity contribution >= 4 is 22.1 Å². The summed E-state index contributed by atoms with van der Waals surface area (Å²) in [6.45, 7) is 2.12. The number of hydrogen-bond acceptors (Lipinski definition) is 2. The summed E-state index contributed by atoms with van der Waals surface area (Å²) in [7, 11) is 0. The summed E-state index contributed by atoms with van der Waals surface area (Å²) in [5.41, 5.74) is 7.60. The van der Waals surface area contributed by atoms with Crippen LogP contribution in [0.5, 0.6) is 0 Å². The normalized spacial score (nSPS) is 12.7. The van der Waals surface area contributed by atoms with Crippen LogP contribution in [0.25, 0.3) is 10.8 Å². The maximum Gasteiger partial charge on any atom is 0.0430 e. The van der Waals surface area contributed by atoms with Gasteiger partial charge in [0.25, 0.3) is 0 Å². The van der Waals surface area contributed by atoms with Crippen LogP contribution in [0.2, 0.25) is 0 Å². The van der Waals surface area contributed by atoms with E-state index in [0.29, 0.717) is 0 Å². The van der Waals surface area contributed by atoms with E-state index in [1.807, 2.05) is 0 Å². The molecule has 0 aliphatic rings. The molecule has 0 bridgehead atoms. The Morgan fingerprint density at radius 1 is 1.00 bits per heavy atom. The van der Waals surface area contributed by atoms with Crippen LogP contribution >= 0.6 is 11.3 Å². The van der Waals surface area contributed by atoms with Gasteiger partial charge in [0.1, 0.15) is 0 Å². The largest absolute Gasteiger partial charge is 0.323 e. The van der Waals surface area contributed by atoms with Gasteiger partial charge in [-0.1, -0.05) is 42.5 Å². The minimum atomic E-state index is 0.0971. The maximum atomic E-state index is 6.29. The highest BCUT2D eigenvalue weighted by Gasteiger charge is 2.09. The second-order valence-corrected chi connectivity index (χ2v) is 6.26. The lowest BCUT2D eigenvalue weighted by molar-refractivity contribution is 0.737. The molecule has 1 unspecified atom stereocenters. The summed E-state index contributed by atoms with van der Waals surface area (Å²) in [4.78, 5) is 2.59. The molecule has 0 radical (unpaired) electrons. The summed E-state index contributed by atoms with van der Waals surface area (Å²) in [6.07, 6.45) is 0.894. The van der Waals surface area contributed by atoms with Crippen molar-refractivity contribution in [1.29, 1.82) is 0 Å². The standard InChI is InChI=1S/C17H17NS/c1-12-6-9-17(19-12)16(18)11-13-7-8-14-4-2-3-5-15(14)10-13/h2-10,16H,11,18H2,1H3. The summed E-state index contributed by atoms with van der Waals surface area (Å²) in [5.74, 6) is 0. The summed E-state index contributed by atoms with van der Waals surface area (Å²) >= 11 is 1.79. The van der Waals surface area contributed by atoms with Gasteiger partial charge in [-0.05, 0) is 41.8 Å². The summed E-state index contributed by atoms with van der Waals surface area (Å²) in [5, 5.41) is 2.57. The number of hydrogen-bond donors (Lipinski definition) is 1. The molecule has 0 saturated carbocycles. The second kappa shape index (κ2) is 5.16. The number of rotatable bonds is 3. The number of benzene rings is 2. The van der Waals surface area contributed by atoms with Crippen LogP contribution in [0.15, 0.2) is 54.6 Å². The lowest BCUT2D eigenvalue weighted by Crippen LogP contribution is -2.11. The van der Waals surface area contributed by atoms with Gasteiger partial charge >= 0.3 is 0 Å². The minimum absolute atomic E-state index is 0.0971. The molecule has 0 spiro atoms. The molecule has 96 valence electrons. The third-order valence-electron chi connectivity index (χ3n) is 3.40. The molecule has 1 aromatic heterocycles. The van der Waals surface area contributed by atoms with Gasteiger partial charge in [-0.15, -0.1) is 11.3 Å². The Morgan fingerprint density at radius 3 is 2.53 bits per heavy atom. The van der Waals surface area contributed by atoms with E-state index in [4.69, 9.17) is 5.73 Å². The Bertz CT molecular complexity index is 699. The molecule has 0 aliphatic carbocycles. The molecule has 1 atom stereocenters. The quantitative estimate of drug-likeness (QED) is 0.745. The molecule has 2 heteroatoms. The fraction of sp³-hybridized carbons (Fsp3) is 0.176. The van der Waals surface area contributed by atoms with Crippen LogP contribution in [-0.2, 0) is 6.42 Å². The molecule has 3 aromatic rings. The first-order chi connectivity index (χ1) is 9.22. The molecule has 2 N–H and O–H groups in total. The van der Waals surface area contributed by atoms with Crippen LogP contribution < -0.4 is 5.73 Å². The minimum Gasteiger partial charge on any atom is -0.323 e. The molecule has 0 saturated heterocycles. The number of thiophene rings is 1. The molecule has 2 aromatic carbocycles. The first-order valence-electron chi connectivity index (χ1n) is 6.52. The van der Waals surface area contributed by atoms with Gasteiger partial charge in [0, 0.05) is 15.8 Å². The number of fused-ring (bicyclic) bond motifs is 1. The van der Waals surface area contributed by atoms with E-state index in [1.54, 1.807) is 11.3 Å². The van der Waals surface area contributed by atoms with Crippen molar-refractivity contribution in [2.75, 3.05) is 0 Å². The van der Waals surface area contributed by atoms with E-state index in [9.17, 15) is 0 Å². The van der Waals surface area contributed by atoms with Crippen molar-refractivity contribution in [2.45, 2.75) is 19.4 Å². The lowest BCUT2D eigenvalue weighted by Gasteiger charge is -2.10. The van der Waals surface area contributed by atoms with Gasteiger partial charge in [-0.3, -0.25) is 0 Å². The molecule has 0 aliphatic heterocycles. The molecular formula is C17H17NS. The van der Waals surface area contributed by atoms with E-state index in [1.165, 1.54) is 26.1 Å². The van der Waals surface area contributed by atoms with Crippen LogP contribution in [-0.4, -0.2) is 0 Å². The zero-order valence-electron chi connectivity index (χ0n) is 11.0. The second-order valence-electron chi connectivity index (χ2n) is 4.94. The van der Waals surface area contributed by atoms with Gasteiger partial charge < -0.3 is 5.73 Å². The van der Waals surface area contributed by atoms with Gasteiger partial charge in [0.05, 0.1) is 0 Å². The highest BCUT2D eigenvalue weighted by atomic mass is 32.1. The van der Waals surface area contributed by atoms with Gasteiger partial charge in [-0.25, -0.2) is 0 Å². The Balaban J connectivity index is 1.84. The predicted molar refractivity (Wildman–Crippen MR) is 83.6 cm³/mol. The third kappa shape index (κ3) is 2.70. The average molecular weight is 267 g/mol. The van der Waals surface area contributed by atoms with Crippen LogP contribution in [0.4, 0.5) is 0 Å². The zero-order chi connectivity index (χ0) is 13.2. The Kier molecular flexibility index (Phi) is 3.36. The van der Waals surface area contributed by atoms with Gasteiger partial charge in [0.2, 0.25) is 0 Å². The van der Waals surface area contributed by atoms with Crippen molar-refractivity contribution in [3.63, 3.8) is 0 Å². The smallest absolute Gasteiger partial charge is 0.0430 e. The van der Waals surface area contributed by atoms with Crippen LogP contribution in [0.1, 0.15) is 21.4 Å². The van der Waals surface area contributed by atoms with Crippen molar-refractivity contribution in [2.24, 2.45) is 5.73 Å². The molecule has 3 rings (SSSR count). The topological polar surface area (TPSA) is 26.0 Å². The Labute approximate surface area is 117 Å².